The second-order valence-corrected chi connectivity index (χ2v) is 5.95. The molecular formula is C16H17N3O2. The Morgan fingerprint density at radius 3 is 2.71 bits per heavy atom. The standard InChI is InChI=1S/C16H17N3O2/c20-15(16(21)8-9-16)17-11-6-4-10(5-7-11)14-12-2-1-3-13(12)18-19-14/h4-7,21H,1-3,8-9H2,(H,17,20)(H,18,19). The number of aryl methyl sites for hydroxylation is 1. The van der Waals surface area contributed by atoms with Gasteiger partial charge in [-0.25, -0.2) is 0 Å². The summed E-state index contributed by atoms with van der Waals surface area (Å²) in [6.07, 6.45) is 4.44. The maximum absolute atomic E-state index is 11.8. The van der Waals surface area contributed by atoms with Crippen LogP contribution in [0, 0.1) is 0 Å². The first-order valence-electron chi connectivity index (χ1n) is 7.36. The van der Waals surface area contributed by atoms with Crippen LogP contribution in [0.3, 0.4) is 0 Å². The Labute approximate surface area is 122 Å². The van der Waals surface area contributed by atoms with Crippen LogP contribution in [0.5, 0.6) is 0 Å². The van der Waals surface area contributed by atoms with Crippen LogP contribution in [0.4, 0.5) is 5.69 Å². The van der Waals surface area contributed by atoms with Crippen molar-refractivity contribution in [2.45, 2.75) is 37.7 Å². The third kappa shape index (κ3) is 2.14. The summed E-state index contributed by atoms with van der Waals surface area (Å²) in [7, 11) is 0. The van der Waals surface area contributed by atoms with Gasteiger partial charge in [-0.2, -0.15) is 5.10 Å². The van der Waals surface area contributed by atoms with Crippen molar-refractivity contribution in [2.24, 2.45) is 0 Å². The number of nitrogens with zero attached hydrogens (tertiary/aromatic N) is 1. The minimum absolute atomic E-state index is 0.309. The summed E-state index contributed by atoms with van der Waals surface area (Å²) in [6, 6.07) is 7.63. The Kier molecular flexibility index (Phi) is 2.65. The Morgan fingerprint density at radius 1 is 1.24 bits per heavy atom. The largest absolute Gasteiger partial charge is 0.380 e. The summed E-state index contributed by atoms with van der Waals surface area (Å²) in [4.78, 5) is 11.8. The predicted molar refractivity (Wildman–Crippen MR) is 78.9 cm³/mol. The van der Waals surface area contributed by atoms with Gasteiger partial charge in [-0.15, -0.1) is 0 Å². The molecule has 0 bridgehead atoms. The van der Waals surface area contributed by atoms with Gasteiger partial charge in [0.05, 0.1) is 5.69 Å². The van der Waals surface area contributed by atoms with Crippen molar-refractivity contribution in [3.05, 3.63) is 35.5 Å². The first-order valence-corrected chi connectivity index (χ1v) is 7.36. The van der Waals surface area contributed by atoms with E-state index >= 15 is 0 Å². The van der Waals surface area contributed by atoms with E-state index in [-0.39, 0.29) is 5.91 Å². The summed E-state index contributed by atoms with van der Waals surface area (Å²) < 4.78 is 0. The van der Waals surface area contributed by atoms with Gasteiger partial charge >= 0.3 is 0 Å². The fraction of sp³-hybridized carbons (Fsp3) is 0.375. The van der Waals surface area contributed by atoms with Crippen molar-refractivity contribution < 1.29 is 9.90 Å². The maximum atomic E-state index is 11.8. The maximum Gasteiger partial charge on any atom is 0.256 e. The van der Waals surface area contributed by atoms with Gasteiger partial charge in [0, 0.05) is 22.5 Å². The zero-order chi connectivity index (χ0) is 14.4. The van der Waals surface area contributed by atoms with Gasteiger partial charge in [-0.3, -0.25) is 9.89 Å². The smallest absolute Gasteiger partial charge is 0.256 e. The summed E-state index contributed by atoms with van der Waals surface area (Å²) in [5.74, 6) is -0.309. The third-order valence-corrected chi connectivity index (χ3v) is 4.37. The lowest BCUT2D eigenvalue weighted by atomic mass is 10.1. The van der Waals surface area contributed by atoms with E-state index in [9.17, 15) is 9.90 Å². The van der Waals surface area contributed by atoms with E-state index in [2.05, 4.69) is 15.5 Å². The van der Waals surface area contributed by atoms with Crippen LogP contribution in [-0.2, 0) is 17.6 Å². The number of carbonyl (C=O) groups excluding carboxylic acids is 1. The average Bonchev–Trinajstić information content (AvgIpc) is 2.92. The number of H-pyrrole nitrogens is 1. The zero-order valence-electron chi connectivity index (χ0n) is 11.6. The van der Waals surface area contributed by atoms with Crippen molar-refractivity contribution in [3.8, 4) is 11.3 Å². The number of fused-ring (bicyclic) bond motifs is 1. The number of anilines is 1. The van der Waals surface area contributed by atoms with E-state index in [0.29, 0.717) is 18.5 Å². The third-order valence-electron chi connectivity index (χ3n) is 4.37. The van der Waals surface area contributed by atoms with Crippen LogP contribution in [0.1, 0.15) is 30.5 Å². The Balaban J connectivity index is 1.54. The number of aliphatic hydroxyl groups is 1. The molecule has 0 radical (unpaired) electrons. The van der Waals surface area contributed by atoms with E-state index in [1.165, 1.54) is 17.7 Å². The molecule has 5 heteroatoms. The fourth-order valence-corrected chi connectivity index (χ4v) is 2.86. The highest BCUT2D eigenvalue weighted by Crippen LogP contribution is 2.36. The second-order valence-electron chi connectivity index (χ2n) is 5.95. The lowest BCUT2D eigenvalue weighted by Gasteiger charge is -2.09. The molecule has 2 aromatic rings. The average molecular weight is 283 g/mol. The molecule has 21 heavy (non-hydrogen) atoms. The van der Waals surface area contributed by atoms with Gasteiger partial charge in [-0.1, -0.05) is 12.1 Å². The second kappa shape index (κ2) is 4.43. The predicted octanol–water partition coefficient (Wildman–Crippen LogP) is 2.03. The van der Waals surface area contributed by atoms with Gasteiger partial charge in [0.1, 0.15) is 5.60 Å². The van der Waals surface area contributed by atoms with Crippen LogP contribution in [0.2, 0.25) is 0 Å². The summed E-state index contributed by atoms with van der Waals surface area (Å²) in [5.41, 5.74) is 4.20. The van der Waals surface area contributed by atoms with Crippen molar-refractivity contribution in [2.75, 3.05) is 5.32 Å². The van der Waals surface area contributed by atoms with Gasteiger partial charge < -0.3 is 10.4 Å². The van der Waals surface area contributed by atoms with Crippen LogP contribution in [-0.4, -0.2) is 26.8 Å². The summed E-state index contributed by atoms with van der Waals surface area (Å²) in [5, 5.41) is 20.0. The lowest BCUT2D eigenvalue weighted by molar-refractivity contribution is -0.125. The van der Waals surface area contributed by atoms with Crippen molar-refractivity contribution in [1.82, 2.24) is 10.2 Å². The van der Waals surface area contributed by atoms with Crippen molar-refractivity contribution in [1.29, 1.82) is 0 Å². The number of nitrogens with one attached hydrogen (secondary N) is 2. The molecule has 1 heterocycles. The van der Waals surface area contributed by atoms with Gasteiger partial charge in [0.2, 0.25) is 0 Å². The van der Waals surface area contributed by atoms with E-state index in [1.807, 2.05) is 24.3 Å². The minimum Gasteiger partial charge on any atom is -0.380 e. The van der Waals surface area contributed by atoms with Gasteiger partial charge in [-0.05, 0) is 44.2 Å². The molecule has 1 saturated carbocycles. The summed E-state index contributed by atoms with van der Waals surface area (Å²) >= 11 is 0. The Hall–Kier alpha value is -2.14. The number of hydrogen-bond acceptors (Lipinski definition) is 3. The van der Waals surface area contributed by atoms with E-state index in [1.54, 1.807) is 0 Å². The molecule has 0 aliphatic heterocycles. The number of benzene rings is 1. The minimum atomic E-state index is -1.14. The van der Waals surface area contributed by atoms with Crippen LogP contribution >= 0.6 is 0 Å². The number of rotatable bonds is 3. The molecule has 0 saturated heterocycles. The quantitative estimate of drug-likeness (QED) is 0.806. The van der Waals surface area contributed by atoms with Crippen LogP contribution in [0.25, 0.3) is 11.3 Å². The highest BCUT2D eigenvalue weighted by atomic mass is 16.3. The molecule has 4 rings (SSSR count). The molecule has 2 aliphatic carbocycles. The SMILES string of the molecule is O=C(Nc1ccc(-c2n[nH]c3c2CCC3)cc1)C1(O)CC1. The molecule has 3 N–H and O–H groups in total. The topological polar surface area (TPSA) is 78.0 Å². The van der Waals surface area contributed by atoms with Crippen molar-refractivity contribution in [3.63, 3.8) is 0 Å². The number of aromatic amines is 1. The van der Waals surface area contributed by atoms with Crippen LogP contribution < -0.4 is 5.32 Å². The molecule has 1 amide bonds. The van der Waals surface area contributed by atoms with E-state index in [4.69, 9.17) is 0 Å². The number of amides is 1. The van der Waals surface area contributed by atoms with Gasteiger partial charge in [0.25, 0.3) is 5.91 Å². The monoisotopic (exact) mass is 283 g/mol. The van der Waals surface area contributed by atoms with E-state index in [0.717, 1.165) is 24.1 Å². The molecule has 1 aromatic carbocycles. The molecule has 0 atom stereocenters. The number of hydrogen-bond donors (Lipinski definition) is 3. The van der Waals surface area contributed by atoms with Gasteiger partial charge in [0.15, 0.2) is 0 Å². The number of aromatic nitrogens is 2. The molecule has 1 aromatic heterocycles. The molecule has 0 spiro atoms. The summed E-state index contributed by atoms with van der Waals surface area (Å²) in [6.45, 7) is 0. The first-order chi connectivity index (χ1) is 10.2. The fourth-order valence-electron chi connectivity index (χ4n) is 2.86. The highest BCUT2D eigenvalue weighted by molar-refractivity contribution is 5.99. The number of carbonyl (C=O) groups is 1. The normalized spacial score (nSPS) is 18.3. The van der Waals surface area contributed by atoms with Crippen molar-refractivity contribution >= 4 is 11.6 Å². The molecule has 108 valence electrons. The lowest BCUT2D eigenvalue weighted by Crippen LogP contribution is -2.29. The molecule has 5 nitrogen and oxygen atoms in total. The van der Waals surface area contributed by atoms with E-state index < -0.39 is 5.60 Å². The molecule has 0 unspecified atom stereocenters. The van der Waals surface area contributed by atoms with Crippen LogP contribution in [0.15, 0.2) is 24.3 Å². The first kappa shape index (κ1) is 12.6. The molecular weight excluding hydrogens is 266 g/mol. The Morgan fingerprint density at radius 2 is 2.00 bits per heavy atom. The zero-order valence-corrected chi connectivity index (χ0v) is 11.6. The molecule has 2 aliphatic rings. The highest BCUT2D eigenvalue weighted by Gasteiger charge is 2.48. The Bertz CT molecular complexity index is 699. The molecule has 1 fully saturated rings.